The molecule has 0 atom stereocenters. The van der Waals surface area contributed by atoms with Gasteiger partial charge in [-0.15, -0.1) is 0 Å². The summed E-state index contributed by atoms with van der Waals surface area (Å²) in [6, 6.07) is 3.95. The van der Waals surface area contributed by atoms with E-state index in [1.165, 1.54) is 0 Å². The van der Waals surface area contributed by atoms with Gasteiger partial charge in [0.2, 0.25) is 5.88 Å². The van der Waals surface area contributed by atoms with E-state index < -0.39 is 0 Å². The monoisotopic (exact) mass is 258 g/mol. The number of alkyl halides is 1. The van der Waals surface area contributed by atoms with Crippen LogP contribution >= 0.6 is 15.9 Å². The van der Waals surface area contributed by atoms with Crippen molar-refractivity contribution < 1.29 is 4.74 Å². The summed E-state index contributed by atoms with van der Waals surface area (Å²) in [5, 5.41) is 0.964. The van der Waals surface area contributed by atoms with E-state index in [9.17, 15) is 0 Å². The Labute approximate surface area is 93.2 Å². The van der Waals surface area contributed by atoms with Crippen molar-refractivity contribution in [2.24, 2.45) is 0 Å². The molecule has 0 saturated heterocycles. The maximum absolute atomic E-state index is 5.08. The number of pyridine rings is 1. The van der Waals surface area contributed by atoms with Crippen molar-refractivity contribution in [1.82, 2.24) is 4.98 Å². The zero-order valence-corrected chi connectivity index (χ0v) is 10.1. The predicted molar refractivity (Wildman–Crippen MR) is 62.5 cm³/mol. The van der Waals surface area contributed by atoms with Gasteiger partial charge in [0.05, 0.1) is 7.11 Å². The van der Waals surface area contributed by atoms with Crippen molar-refractivity contribution in [3.63, 3.8) is 0 Å². The summed E-state index contributed by atoms with van der Waals surface area (Å²) in [7, 11) is 1.63. The fraction of sp³-hybridized carbons (Fsp3) is 0.500. The van der Waals surface area contributed by atoms with Gasteiger partial charge < -0.3 is 9.64 Å². The highest BCUT2D eigenvalue weighted by Crippen LogP contribution is 2.18. The number of hydrogen-bond donors (Lipinski definition) is 0. The molecule has 0 saturated carbocycles. The molecule has 78 valence electrons. The molecule has 0 N–H and O–H groups in total. The van der Waals surface area contributed by atoms with Crippen LogP contribution in [0, 0.1) is 0 Å². The minimum Gasteiger partial charge on any atom is -0.481 e. The number of anilines is 1. The van der Waals surface area contributed by atoms with Crippen LogP contribution in [-0.4, -0.2) is 30.5 Å². The summed E-state index contributed by atoms with van der Waals surface area (Å²) < 4.78 is 5.08. The smallest absolute Gasteiger partial charge is 0.214 e. The molecular weight excluding hydrogens is 244 g/mol. The molecular formula is C10H15BrN2O. The summed E-state index contributed by atoms with van der Waals surface area (Å²) in [6.45, 7) is 4.11. The van der Waals surface area contributed by atoms with Gasteiger partial charge in [0.15, 0.2) is 0 Å². The van der Waals surface area contributed by atoms with E-state index in [-0.39, 0.29) is 0 Å². The molecule has 0 fully saturated rings. The second-order valence-electron chi connectivity index (χ2n) is 2.83. The SMILES string of the molecule is CCN(CCBr)c1ccnc(OC)c1. The van der Waals surface area contributed by atoms with Gasteiger partial charge in [0, 0.05) is 36.4 Å². The number of methoxy groups -OCH3 is 1. The van der Waals surface area contributed by atoms with Crippen LogP contribution in [-0.2, 0) is 0 Å². The fourth-order valence-corrected chi connectivity index (χ4v) is 1.71. The van der Waals surface area contributed by atoms with E-state index in [0.29, 0.717) is 5.88 Å². The first-order valence-corrected chi connectivity index (χ1v) is 5.75. The van der Waals surface area contributed by atoms with Gasteiger partial charge in [-0.1, -0.05) is 15.9 Å². The van der Waals surface area contributed by atoms with Gasteiger partial charge >= 0.3 is 0 Å². The Morgan fingerprint density at radius 3 is 2.93 bits per heavy atom. The molecule has 0 aliphatic carbocycles. The molecule has 14 heavy (non-hydrogen) atoms. The van der Waals surface area contributed by atoms with Crippen LogP contribution in [0.5, 0.6) is 5.88 Å². The number of rotatable bonds is 5. The quantitative estimate of drug-likeness (QED) is 0.759. The molecule has 4 heteroatoms. The Hall–Kier alpha value is -0.770. The Morgan fingerprint density at radius 2 is 2.36 bits per heavy atom. The highest BCUT2D eigenvalue weighted by Gasteiger charge is 2.04. The predicted octanol–water partition coefficient (Wildman–Crippen LogP) is 2.31. The number of aromatic nitrogens is 1. The number of halogens is 1. The lowest BCUT2D eigenvalue weighted by Gasteiger charge is -2.21. The minimum atomic E-state index is 0.663. The van der Waals surface area contributed by atoms with Crippen molar-refractivity contribution >= 4 is 21.6 Å². The number of nitrogens with zero attached hydrogens (tertiary/aromatic N) is 2. The van der Waals surface area contributed by atoms with Gasteiger partial charge in [-0.3, -0.25) is 0 Å². The van der Waals surface area contributed by atoms with E-state index in [4.69, 9.17) is 4.74 Å². The van der Waals surface area contributed by atoms with E-state index in [0.717, 1.165) is 24.1 Å². The molecule has 0 amide bonds. The van der Waals surface area contributed by atoms with Crippen LogP contribution in [0.2, 0.25) is 0 Å². The van der Waals surface area contributed by atoms with Gasteiger partial charge in [-0.05, 0) is 13.0 Å². The van der Waals surface area contributed by atoms with Crippen LogP contribution in [0.1, 0.15) is 6.92 Å². The largest absolute Gasteiger partial charge is 0.481 e. The third kappa shape index (κ3) is 2.87. The zero-order valence-electron chi connectivity index (χ0n) is 8.53. The molecule has 0 bridgehead atoms. The molecule has 1 aromatic heterocycles. The molecule has 0 aromatic carbocycles. The van der Waals surface area contributed by atoms with Crippen molar-refractivity contribution in [2.45, 2.75) is 6.92 Å². The van der Waals surface area contributed by atoms with Crippen LogP contribution in [0.15, 0.2) is 18.3 Å². The van der Waals surface area contributed by atoms with E-state index >= 15 is 0 Å². The molecule has 3 nitrogen and oxygen atoms in total. The van der Waals surface area contributed by atoms with Gasteiger partial charge in [-0.25, -0.2) is 4.98 Å². The molecule has 0 spiro atoms. The Bertz CT molecular complexity index is 281. The topological polar surface area (TPSA) is 25.4 Å². The molecule has 0 unspecified atom stereocenters. The lowest BCUT2D eigenvalue weighted by molar-refractivity contribution is 0.398. The maximum atomic E-state index is 5.08. The standard InChI is InChI=1S/C10H15BrN2O/c1-3-13(7-5-11)9-4-6-12-10(8-9)14-2/h4,6,8H,3,5,7H2,1-2H3. The van der Waals surface area contributed by atoms with E-state index in [2.05, 4.69) is 32.7 Å². The molecule has 0 aliphatic rings. The first kappa shape index (κ1) is 11.3. The van der Waals surface area contributed by atoms with Crippen LogP contribution in [0.4, 0.5) is 5.69 Å². The highest BCUT2D eigenvalue weighted by molar-refractivity contribution is 9.09. The normalized spacial score (nSPS) is 9.93. The van der Waals surface area contributed by atoms with Crippen molar-refractivity contribution in [3.05, 3.63) is 18.3 Å². The molecule has 0 aliphatic heterocycles. The van der Waals surface area contributed by atoms with E-state index in [1.54, 1.807) is 13.3 Å². The van der Waals surface area contributed by atoms with Gasteiger partial charge in [0.1, 0.15) is 0 Å². The first-order chi connectivity index (χ1) is 6.81. The fourth-order valence-electron chi connectivity index (χ4n) is 1.28. The summed E-state index contributed by atoms with van der Waals surface area (Å²) in [4.78, 5) is 6.34. The van der Waals surface area contributed by atoms with Crippen LogP contribution in [0.25, 0.3) is 0 Å². The molecule has 1 aromatic rings. The Kier molecular flexibility index (Phi) is 4.73. The second kappa shape index (κ2) is 5.86. The molecule has 1 heterocycles. The lowest BCUT2D eigenvalue weighted by atomic mass is 10.3. The second-order valence-corrected chi connectivity index (χ2v) is 3.62. The summed E-state index contributed by atoms with van der Waals surface area (Å²) >= 11 is 3.44. The van der Waals surface area contributed by atoms with Gasteiger partial charge in [0.25, 0.3) is 0 Å². The first-order valence-electron chi connectivity index (χ1n) is 4.62. The van der Waals surface area contributed by atoms with Crippen LogP contribution in [0.3, 0.4) is 0 Å². The van der Waals surface area contributed by atoms with Gasteiger partial charge in [-0.2, -0.15) is 0 Å². The van der Waals surface area contributed by atoms with Crippen molar-refractivity contribution in [3.8, 4) is 5.88 Å². The van der Waals surface area contributed by atoms with Crippen molar-refractivity contribution in [2.75, 3.05) is 30.4 Å². The Balaban J connectivity index is 2.80. The third-order valence-corrected chi connectivity index (χ3v) is 2.38. The molecule has 1 rings (SSSR count). The van der Waals surface area contributed by atoms with Crippen LogP contribution < -0.4 is 9.64 Å². The Morgan fingerprint density at radius 1 is 1.57 bits per heavy atom. The lowest BCUT2D eigenvalue weighted by Crippen LogP contribution is -2.24. The maximum Gasteiger partial charge on any atom is 0.214 e. The van der Waals surface area contributed by atoms with E-state index in [1.807, 2.05) is 12.1 Å². The highest BCUT2D eigenvalue weighted by atomic mass is 79.9. The molecule has 0 radical (unpaired) electrons. The summed E-state index contributed by atoms with van der Waals surface area (Å²) in [6.07, 6.45) is 1.77. The zero-order chi connectivity index (χ0) is 10.4. The van der Waals surface area contributed by atoms with Crippen molar-refractivity contribution in [1.29, 1.82) is 0 Å². The summed E-state index contributed by atoms with van der Waals surface area (Å²) in [5.74, 6) is 0.663. The number of hydrogen-bond acceptors (Lipinski definition) is 3. The number of ether oxygens (including phenoxy) is 1. The average molecular weight is 259 g/mol. The third-order valence-electron chi connectivity index (χ3n) is 2.03. The average Bonchev–Trinajstić information content (AvgIpc) is 2.26. The minimum absolute atomic E-state index is 0.663. The summed E-state index contributed by atoms with van der Waals surface area (Å²) in [5.41, 5.74) is 1.15.